The molecule has 1 N–H and O–H groups in total. The molecule has 0 aromatic heterocycles. The Morgan fingerprint density at radius 1 is 0.929 bits per heavy atom. The second kappa shape index (κ2) is 9.40. The molecule has 0 fully saturated rings. The summed E-state index contributed by atoms with van der Waals surface area (Å²) in [5, 5.41) is 2.92. The Kier molecular flexibility index (Phi) is 7.21. The summed E-state index contributed by atoms with van der Waals surface area (Å²) in [6.45, 7) is 10.2. The largest absolute Gasteiger partial charge is 0.493 e. The summed E-state index contributed by atoms with van der Waals surface area (Å²) in [4.78, 5) is 26.1. The monoisotopic (exact) mass is 382 g/mol. The Morgan fingerprint density at radius 2 is 1.57 bits per heavy atom. The first kappa shape index (κ1) is 21.5. The van der Waals surface area contributed by atoms with Crippen molar-refractivity contribution in [2.75, 3.05) is 25.5 Å². The number of nitrogens with zero attached hydrogens (tertiary/aromatic N) is 1. The Morgan fingerprint density at radius 3 is 2.21 bits per heavy atom. The van der Waals surface area contributed by atoms with Crippen LogP contribution in [0, 0.1) is 34.6 Å². The van der Waals surface area contributed by atoms with E-state index >= 15 is 0 Å². The lowest BCUT2D eigenvalue weighted by atomic mass is 10.1. The molecular formula is C23H30N2O3. The van der Waals surface area contributed by atoms with Crippen LogP contribution in [0.5, 0.6) is 5.75 Å². The highest BCUT2D eigenvalue weighted by molar-refractivity contribution is 5.95. The molecule has 0 unspecified atom stereocenters. The first-order valence-corrected chi connectivity index (χ1v) is 9.49. The summed E-state index contributed by atoms with van der Waals surface area (Å²) in [5.41, 5.74) is 6.15. The zero-order valence-corrected chi connectivity index (χ0v) is 17.7. The van der Waals surface area contributed by atoms with Crippen LogP contribution in [0.4, 0.5) is 5.69 Å². The number of aryl methyl sites for hydroxylation is 5. The molecule has 5 nitrogen and oxygen atoms in total. The van der Waals surface area contributed by atoms with Crippen LogP contribution >= 0.6 is 0 Å². The highest BCUT2D eigenvalue weighted by Gasteiger charge is 2.15. The molecule has 0 heterocycles. The van der Waals surface area contributed by atoms with Crippen molar-refractivity contribution >= 4 is 17.5 Å². The fraction of sp³-hybridized carbons (Fsp3) is 0.391. The van der Waals surface area contributed by atoms with Gasteiger partial charge in [-0.1, -0.05) is 29.8 Å². The van der Waals surface area contributed by atoms with Crippen LogP contribution < -0.4 is 10.1 Å². The Hall–Kier alpha value is -2.82. The highest BCUT2D eigenvalue weighted by Crippen LogP contribution is 2.22. The van der Waals surface area contributed by atoms with Crippen LogP contribution in [0.1, 0.15) is 34.2 Å². The summed E-state index contributed by atoms with van der Waals surface area (Å²) in [6, 6.07) is 10.0. The third-order valence-corrected chi connectivity index (χ3v) is 4.67. The van der Waals surface area contributed by atoms with Crippen LogP contribution in [0.2, 0.25) is 0 Å². The topological polar surface area (TPSA) is 58.6 Å². The molecule has 0 aliphatic rings. The van der Waals surface area contributed by atoms with Gasteiger partial charge in [0.15, 0.2) is 0 Å². The second-order valence-corrected chi connectivity index (χ2v) is 7.44. The quantitative estimate of drug-likeness (QED) is 0.784. The minimum Gasteiger partial charge on any atom is -0.493 e. The molecule has 0 atom stereocenters. The molecule has 0 aliphatic carbocycles. The number of benzene rings is 2. The van der Waals surface area contributed by atoms with Gasteiger partial charge in [0.25, 0.3) is 0 Å². The molecule has 0 saturated carbocycles. The van der Waals surface area contributed by atoms with E-state index in [4.69, 9.17) is 4.74 Å². The zero-order valence-electron chi connectivity index (χ0n) is 17.7. The number of likely N-dealkylation sites (N-methyl/N-ethyl adjacent to an activating group) is 1. The predicted octanol–water partition coefficient (Wildman–Crippen LogP) is 4.09. The standard InChI is InChI=1S/C23H30N2O3/c1-15-7-8-17(3)20(13-15)28-10-9-22(27)25(6)14-21(26)24-23-18(4)11-16(2)12-19(23)5/h7-8,11-13H,9-10,14H2,1-6H3,(H,24,26). The lowest BCUT2D eigenvalue weighted by Gasteiger charge is -2.19. The van der Waals surface area contributed by atoms with Gasteiger partial charge >= 0.3 is 0 Å². The van der Waals surface area contributed by atoms with Crippen molar-refractivity contribution in [3.05, 3.63) is 58.1 Å². The molecule has 0 bridgehead atoms. The fourth-order valence-electron chi connectivity index (χ4n) is 3.16. The van der Waals surface area contributed by atoms with Gasteiger partial charge in [-0.25, -0.2) is 0 Å². The minimum absolute atomic E-state index is 0.00899. The number of rotatable bonds is 7. The van der Waals surface area contributed by atoms with E-state index < -0.39 is 0 Å². The van der Waals surface area contributed by atoms with Gasteiger partial charge < -0.3 is 15.0 Å². The number of carbonyl (C=O) groups excluding carboxylic acids is 2. The molecule has 28 heavy (non-hydrogen) atoms. The highest BCUT2D eigenvalue weighted by atomic mass is 16.5. The van der Waals surface area contributed by atoms with Gasteiger partial charge in [-0.2, -0.15) is 0 Å². The van der Waals surface area contributed by atoms with Crippen LogP contribution in [-0.2, 0) is 9.59 Å². The second-order valence-electron chi connectivity index (χ2n) is 7.44. The number of hydrogen-bond acceptors (Lipinski definition) is 3. The SMILES string of the molecule is Cc1cc(C)c(NC(=O)CN(C)C(=O)CCOc2cc(C)ccc2C)c(C)c1. The minimum atomic E-state index is -0.207. The molecule has 2 rings (SSSR count). The Labute approximate surface area is 167 Å². The van der Waals surface area contributed by atoms with E-state index in [1.807, 2.05) is 65.0 Å². The third-order valence-electron chi connectivity index (χ3n) is 4.67. The van der Waals surface area contributed by atoms with E-state index in [0.29, 0.717) is 0 Å². The average Bonchev–Trinajstić information content (AvgIpc) is 2.60. The lowest BCUT2D eigenvalue weighted by molar-refractivity contribution is -0.133. The molecular weight excluding hydrogens is 352 g/mol. The van der Waals surface area contributed by atoms with Crippen molar-refractivity contribution in [3.8, 4) is 5.75 Å². The molecule has 0 radical (unpaired) electrons. The first-order valence-electron chi connectivity index (χ1n) is 9.49. The van der Waals surface area contributed by atoms with E-state index in [2.05, 4.69) is 5.32 Å². The van der Waals surface area contributed by atoms with Crippen LogP contribution in [0.15, 0.2) is 30.3 Å². The van der Waals surface area contributed by atoms with Crippen LogP contribution in [0.25, 0.3) is 0 Å². The normalized spacial score (nSPS) is 10.5. The lowest BCUT2D eigenvalue weighted by Crippen LogP contribution is -2.35. The maximum atomic E-state index is 12.4. The number of nitrogens with one attached hydrogen (secondary N) is 1. The fourth-order valence-corrected chi connectivity index (χ4v) is 3.16. The van der Waals surface area contributed by atoms with Gasteiger partial charge in [-0.15, -0.1) is 0 Å². The van der Waals surface area contributed by atoms with Gasteiger partial charge in [0.05, 0.1) is 19.6 Å². The summed E-state index contributed by atoms with van der Waals surface area (Å²) in [5.74, 6) is 0.456. The van der Waals surface area contributed by atoms with Crippen LogP contribution in [0.3, 0.4) is 0 Å². The van der Waals surface area contributed by atoms with Crippen molar-refractivity contribution < 1.29 is 14.3 Å². The van der Waals surface area contributed by atoms with Gasteiger partial charge in [0, 0.05) is 12.7 Å². The number of anilines is 1. The van der Waals surface area contributed by atoms with Crippen molar-refractivity contribution in [1.82, 2.24) is 4.90 Å². The molecule has 2 amide bonds. The average molecular weight is 383 g/mol. The number of ether oxygens (including phenoxy) is 1. The molecule has 2 aromatic rings. The van der Waals surface area contributed by atoms with Crippen molar-refractivity contribution in [1.29, 1.82) is 0 Å². The summed E-state index contributed by atoms with van der Waals surface area (Å²) in [7, 11) is 1.63. The molecule has 0 saturated heterocycles. The van der Waals surface area contributed by atoms with Gasteiger partial charge in [-0.05, 0) is 62.9 Å². The van der Waals surface area contributed by atoms with Gasteiger partial charge in [0.2, 0.25) is 11.8 Å². The van der Waals surface area contributed by atoms with Gasteiger partial charge in [0.1, 0.15) is 5.75 Å². The summed E-state index contributed by atoms with van der Waals surface area (Å²) < 4.78 is 5.73. The Balaban J connectivity index is 1.85. The van der Waals surface area contributed by atoms with Crippen molar-refractivity contribution in [3.63, 3.8) is 0 Å². The molecule has 150 valence electrons. The molecule has 0 aliphatic heterocycles. The van der Waals surface area contributed by atoms with E-state index in [1.54, 1.807) is 7.05 Å². The third kappa shape index (κ3) is 5.84. The van der Waals surface area contributed by atoms with E-state index in [0.717, 1.165) is 39.3 Å². The van der Waals surface area contributed by atoms with E-state index in [1.165, 1.54) is 4.90 Å². The van der Waals surface area contributed by atoms with Crippen molar-refractivity contribution in [2.24, 2.45) is 0 Å². The smallest absolute Gasteiger partial charge is 0.243 e. The first-order chi connectivity index (χ1) is 13.2. The number of carbonyl (C=O) groups is 2. The zero-order chi connectivity index (χ0) is 20.8. The van der Waals surface area contributed by atoms with E-state index in [9.17, 15) is 9.59 Å². The van der Waals surface area contributed by atoms with E-state index in [-0.39, 0.29) is 31.4 Å². The van der Waals surface area contributed by atoms with Crippen LogP contribution in [-0.4, -0.2) is 36.9 Å². The summed E-state index contributed by atoms with van der Waals surface area (Å²) in [6.07, 6.45) is 0.222. The van der Waals surface area contributed by atoms with Crippen molar-refractivity contribution in [2.45, 2.75) is 41.0 Å². The Bertz CT molecular complexity index is 851. The maximum absolute atomic E-state index is 12.4. The number of hydrogen-bond donors (Lipinski definition) is 1. The number of amides is 2. The molecule has 2 aromatic carbocycles. The van der Waals surface area contributed by atoms with Gasteiger partial charge in [-0.3, -0.25) is 9.59 Å². The molecule has 0 spiro atoms. The maximum Gasteiger partial charge on any atom is 0.243 e. The summed E-state index contributed by atoms with van der Waals surface area (Å²) >= 11 is 0. The molecule has 5 heteroatoms. The predicted molar refractivity (Wildman–Crippen MR) is 113 cm³/mol.